The van der Waals surface area contributed by atoms with E-state index in [1.807, 2.05) is 0 Å². The molecule has 1 aliphatic heterocycles. The van der Waals surface area contributed by atoms with Crippen LogP contribution in [0.4, 0.5) is 5.82 Å². The Morgan fingerprint density at radius 3 is 3.05 bits per heavy atom. The average Bonchev–Trinajstić information content (AvgIpc) is 2.96. The predicted octanol–water partition coefficient (Wildman–Crippen LogP) is 0.209. The van der Waals surface area contributed by atoms with Gasteiger partial charge in [-0.15, -0.1) is 0 Å². The molecular formula is C14H18N6O2. The number of ether oxygens (including phenoxy) is 1. The molecule has 0 bridgehead atoms. The third-order valence-corrected chi connectivity index (χ3v) is 3.64. The lowest BCUT2D eigenvalue weighted by Gasteiger charge is -2.33. The fourth-order valence-electron chi connectivity index (χ4n) is 2.44. The molecule has 1 aliphatic rings. The van der Waals surface area contributed by atoms with Crippen LogP contribution in [-0.4, -0.2) is 50.7 Å². The van der Waals surface area contributed by atoms with E-state index in [0.29, 0.717) is 24.7 Å². The second kappa shape index (κ2) is 6.52. The zero-order valence-electron chi connectivity index (χ0n) is 12.3. The molecule has 0 radical (unpaired) electrons. The minimum Gasteiger partial charge on any atom is -0.379 e. The van der Waals surface area contributed by atoms with Gasteiger partial charge in [-0.3, -0.25) is 4.79 Å². The van der Waals surface area contributed by atoms with Crippen molar-refractivity contribution in [2.45, 2.75) is 18.5 Å². The first-order valence-electron chi connectivity index (χ1n) is 7.11. The lowest BCUT2D eigenvalue weighted by atomic mass is 10.0. The molecule has 0 aromatic carbocycles. The van der Waals surface area contributed by atoms with Crippen LogP contribution in [0.2, 0.25) is 0 Å². The average molecular weight is 302 g/mol. The van der Waals surface area contributed by atoms with E-state index in [2.05, 4.69) is 25.6 Å². The van der Waals surface area contributed by atoms with Crippen LogP contribution in [-0.2, 0) is 11.8 Å². The first-order chi connectivity index (χ1) is 10.7. The van der Waals surface area contributed by atoms with Crippen LogP contribution in [0, 0.1) is 0 Å². The molecule has 2 N–H and O–H groups in total. The lowest BCUT2D eigenvalue weighted by molar-refractivity contribution is 0.0617. The Balaban J connectivity index is 1.67. The number of nitrogens with zero attached hydrogens (tertiary/aromatic N) is 4. The van der Waals surface area contributed by atoms with Crippen LogP contribution in [0.5, 0.6) is 0 Å². The summed E-state index contributed by atoms with van der Waals surface area (Å²) in [6, 6.07) is 1.71. The summed E-state index contributed by atoms with van der Waals surface area (Å²) in [5.41, 5.74) is 0.535. The van der Waals surface area contributed by atoms with Gasteiger partial charge >= 0.3 is 0 Å². The summed E-state index contributed by atoms with van der Waals surface area (Å²) in [6.07, 6.45) is 7.06. The van der Waals surface area contributed by atoms with Gasteiger partial charge in [-0.05, 0) is 12.5 Å². The number of imidazole rings is 1. The van der Waals surface area contributed by atoms with Crippen molar-refractivity contribution in [3.63, 3.8) is 0 Å². The highest BCUT2D eigenvalue weighted by molar-refractivity contribution is 5.92. The van der Waals surface area contributed by atoms with E-state index >= 15 is 0 Å². The topological polar surface area (TPSA) is 94.0 Å². The van der Waals surface area contributed by atoms with Gasteiger partial charge in [-0.1, -0.05) is 0 Å². The number of rotatable bonds is 4. The number of anilines is 1. The molecule has 2 aromatic rings. The van der Waals surface area contributed by atoms with E-state index in [4.69, 9.17) is 4.74 Å². The van der Waals surface area contributed by atoms with Gasteiger partial charge in [0, 0.05) is 19.9 Å². The van der Waals surface area contributed by atoms with Gasteiger partial charge in [0.15, 0.2) is 0 Å². The Labute approximate surface area is 127 Å². The van der Waals surface area contributed by atoms with Crippen LogP contribution in [0.15, 0.2) is 31.1 Å². The summed E-state index contributed by atoms with van der Waals surface area (Å²) < 4.78 is 7.20. The number of amides is 1. The maximum absolute atomic E-state index is 12.3. The largest absolute Gasteiger partial charge is 0.379 e. The Bertz CT molecular complexity index is 629. The van der Waals surface area contributed by atoms with Gasteiger partial charge in [-0.2, -0.15) is 0 Å². The molecule has 8 nitrogen and oxygen atoms in total. The molecule has 0 saturated carbocycles. The molecule has 8 heteroatoms. The van der Waals surface area contributed by atoms with Crippen LogP contribution in [0.1, 0.15) is 16.9 Å². The molecule has 2 atom stereocenters. The number of hydrogen-bond donors (Lipinski definition) is 2. The van der Waals surface area contributed by atoms with E-state index in [0.717, 1.165) is 6.42 Å². The Morgan fingerprint density at radius 1 is 1.41 bits per heavy atom. The molecule has 22 heavy (non-hydrogen) atoms. The summed E-state index contributed by atoms with van der Waals surface area (Å²) in [6.45, 7) is 1.14. The minimum absolute atomic E-state index is 0.0360. The Hall–Kier alpha value is -2.48. The number of hydrogen-bond acceptors (Lipinski definition) is 6. The van der Waals surface area contributed by atoms with Gasteiger partial charge in [0.2, 0.25) is 0 Å². The highest BCUT2D eigenvalue weighted by Gasteiger charge is 2.28. The molecule has 1 amide bonds. The molecule has 0 aliphatic carbocycles. The van der Waals surface area contributed by atoms with Crippen molar-refractivity contribution in [1.29, 1.82) is 0 Å². The molecular weight excluding hydrogens is 284 g/mol. The van der Waals surface area contributed by atoms with Gasteiger partial charge < -0.3 is 19.9 Å². The van der Waals surface area contributed by atoms with Crippen molar-refractivity contribution < 1.29 is 9.53 Å². The number of carbonyl (C=O) groups is 1. The number of aryl methyl sites for hydroxylation is 1. The zero-order valence-corrected chi connectivity index (χ0v) is 12.3. The highest BCUT2D eigenvalue weighted by atomic mass is 16.5. The van der Waals surface area contributed by atoms with E-state index < -0.39 is 0 Å². The summed E-state index contributed by atoms with van der Waals surface area (Å²) in [7, 11) is 1.79. The lowest BCUT2D eigenvalue weighted by Crippen LogP contribution is -2.52. The standard InChI is InChI=1S/C14H18N6O2/c1-20-9-16-6-12(20)14(21)19-10-3-5-22-7-11(10)18-13-2-4-15-8-17-13/h2,4,6,8-11H,3,5,7H2,1H3,(H,19,21)(H,15,17,18)/t10-,11+/m0/s1. The van der Waals surface area contributed by atoms with Gasteiger partial charge in [0.25, 0.3) is 5.91 Å². The predicted molar refractivity (Wildman–Crippen MR) is 79.3 cm³/mol. The van der Waals surface area contributed by atoms with Crippen molar-refractivity contribution in [3.05, 3.63) is 36.8 Å². The SMILES string of the molecule is Cn1cncc1C(=O)N[C@H]1CCOC[C@H]1Nc1ccncn1. The van der Waals surface area contributed by atoms with Crippen molar-refractivity contribution in [1.82, 2.24) is 24.8 Å². The molecule has 0 unspecified atom stereocenters. The molecule has 3 heterocycles. The normalized spacial score (nSPS) is 21.3. The Morgan fingerprint density at radius 2 is 2.32 bits per heavy atom. The fraction of sp³-hybridized carbons (Fsp3) is 0.429. The third-order valence-electron chi connectivity index (χ3n) is 3.64. The first kappa shape index (κ1) is 14.5. The van der Waals surface area contributed by atoms with Crippen molar-refractivity contribution in [3.8, 4) is 0 Å². The van der Waals surface area contributed by atoms with E-state index in [9.17, 15) is 4.79 Å². The molecule has 116 valence electrons. The van der Waals surface area contributed by atoms with E-state index in [1.54, 1.807) is 36.4 Å². The number of aromatic nitrogens is 4. The Kier molecular flexibility index (Phi) is 4.29. The molecule has 1 saturated heterocycles. The molecule has 1 fully saturated rings. The second-order valence-corrected chi connectivity index (χ2v) is 5.18. The van der Waals surface area contributed by atoms with Gasteiger partial charge in [0.1, 0.15) is 17.8 Å². The summed E-state index contributed by atoms with van der Waals surface area (Å²) in [5, 5.41) is 6.33. The fourth-order valence-corrected chi connectivity index (χ4v) is 2.44. The molecule has 0 spiro atoms. The highest BCUT2D eigenvalue weighted by Crippen LogP contribution is 2.13. The third kappa shape index (κ3) is 3.22. The summed E-state index contributed by atoms with van der Waals surface area (Å²) >= 11 is 0. The summed E-state index contributed by atoms with van der Waals surface area (Å²) in [5.74, 6) is 0.576. The van der Waals surface area contributed by atoms with Crippen LogP contribution < -0.4 is 10.6 Å². The number of nitrogens with one attached hydrogen (secondary N) is 2. The maximum atomic E-state index is 12.3. The minimum atomic E-state index is -0.138. The first-order valence-corrected chi connectivity index (χ1v) is 7.11. The smallest absolute Gasteiger partial charge is 0.269 e. The van der Waals surface area contributed by atoms with Gasteiger partial charge in [-0.25, -0.2) is 15.0 Å². The van der Waals surface area contributed by atoms with Crippen LogP contribution in [0.25, 0.3) is 0 Å². The van der Waals surface area contributed by atoms with Gasteiger partial charge in [0.05, 0.1) is 31.2 Å². The quantitative estimate of drug-likeness (QED) is 0.838. The van der Waals surface area contributed by atoms with Crippen molar-refractivity contribution in [2.24, 2.45) is 7.05 Å². The zero-order chi connectivity index (χ0) is 15.4. The van der Waals surface area contributed by atoms with Crippen molar-refractivity contribution in [2.75, 3.05) is 18.5 Å². The molecule has 3 rings (SSSR count). The maximum Gasteiger partial charge on any atom is 0.269 e. The van der Waals surface area contributed by atoms with E-state index in [-0.39, 0.29) is 18.0 Å². The second-order valence-electron chi connectivity index (χ2n) is 5.18. The monoisotopic (exact) mass is 302 g/mol. The van der Waals surface area contributed by atoms with Crippen LogP contribution in [0.3, 0.4) is 0 Å². The van der Waals surface area contributed by atoms with Crippen molar-refractivity contribution >= 4 is 11.7 Å². The molecule has 2 aromatic heterocycles. The number of carbonyl (C=O) groups excluding carboxylic acids is 1. The van der Waals surface area contributed by atoms with Crippen LogP contribution >= 0.6 is 0 Å². The van der Waals surface area contributed by atoms with E-state index in [1.165, 1.54) is 6.33 Å². The summed E-state index contributed by atoms with van der Waals surface area (Å²) in [4.78, 5) is 24.3.